The van der Waals surface area contributed by atoms with Crippen molar-refractivity contribution in [2.24, 2.45) is 17.8 Å². The second-order valence-electron chi connectivity index (χ2n) is 13.3. The third-order valence-corrected chi connectivity index (χ3v) is 9.48. The minimum atomic E-state index is -0.339. The molecule has 0 aliphatic carbocycles. The Kier molecular flexibility index (Phi) is 12.0. The standard InChI is InChI=1S/C36H51NO8/c1-22(16-29-20-41-27(6)37-29)10-9-11-24(3)35(40-8)25(4)30(42-21-38)14-15-36(7)33(45-36)13-12-23(2)31-17-28(19-34(39)44-31)18-32-26(5)43-32/h9-13,16,20-21,23,25-26,28,30-33,35H,14-15,17-19H2,1-8H3/b10-9+,13-12+,22-16+,24-11+/t23?,25-,26-,28-,30-,31?,32+,33?,35-,36-/m0/s1. The molecule has 4 heterocycles. The quantitative estimate of drug-likeness (QED) is 0.0613. The lowest BCUT2D eigenvalue weighted by Gasteiger charge is -2.31. The fourth-order valence-electron chi connectivity index (χ4n) is 6.46. The maximum atomic E-state index is 12.3. The molecule has 4 rings (SSSR count). The van der Waals surface area contributed by atoms with Gasteiger partial charge in [0.15, 0.2) is 5.89 Å². The maximum absolute atomic E-state index is 12.3. The smallest absolute Gasteiger partial charge is 0.306 e. The van der Waals surface area contributed by atoms with Gasteiger partial charge < -0.3 is 28.1 Å². The number of oxazole rings is 1. The van der Waals surface area contributed by atoms with Crippen LogP contribution in [0.15, 0.2) is 52.2 Å². The zero-order chi connectivity index (χ0) is 32.7. The van der Waals surface area contributed by atoms with E-state index in [0.717, 1.165) is 36.1 Å². The number of epoxide rings is 2. The predicted molar refractivity (Wildman–Crippen MR) is 171 cm³/mol. The Morgan fingerprint density at radius 1 is 1.27 bits per heavy atom. The highest BCUT2D eigenvalue weighted by molar-refractivity contribution is 5.70. The van der Waals surface area contributed by atoms with E-state index in [1.54, 1.807) is 13.4 Å². The van der Waals surface area contributed by atoms with Gasteiger partial charge in [0, 0.05) is 32.3 Å². The van der Waals surface area contributed by atoms with E-state index < -0.39 is 0 Å². The summed E-state index contributed by atoms with van der Waals surface area (Å²) in [5, 5.41) is 0. The summed E-state index contributed by atoms with van der Waals surface area (Å²) < 4.78 is 34.1. The molecule has 3 unspecified atom stereocenters. The number of cyclic esters (lactones) is 1. The number of carbonyl (C=O) groups is 2. The van der Waals surface area contributed by atoms with Gasteiger partial charge in [0.1, 0.15) is 30.3 Å². The van der Waals surface area contributed by atoms with Crippen LogP contribution in [0.25, 0.3) is 6.08 Å². The van der Waals surface area contributed by atoms with Crippen molar-refractivity contribution in [2.45, 2.75) is 123 Å². The lowest BCUT2D eigenvalue weighted by Crippen LogP contribution is -2.34. The van der Waals surface area contributed by atoms with Crippen molar-refractivity contribution in [3.63, 3.8) is 0 Å². The summed E-state index contributed by atoms with van der Waals surface area (Å²) in [4.78, 5) is 28.0. The first-order valence-electron chi connectivity index (χ1n) is 16.2. The number of nitrogens with zero attached hydrogens (tertiary/aromatic N) is 1. The van der Waals surface area contributed by atoms with Gasteiger partial charge in [-0.25, -0.2) is 4.98 Å². The van der Waals surface area contributed by atoms with Crippen LogP contribution in [-0.2, 0) is 33.3 Å². The molecule has 3 aliphatic rings. The van der Waals surface area contributed by atoms with Gasteiger partial charge in [0.25, 0.3) is 6.47 Å². The number of aryl methyl sites for hydroxylation is 1. The minimum Gasteiger partial charge on any atom is -0.464 e. The van der Waals surface area contributed by atoms with Gasteiger partial charge in [-0.1, -0.05) is 44.2 Å². The molecule has 0 bridgehead atoms. The van der Waals surface area contributed by atoms with Gasteiger partial charge in [-0.3, -0.25) is 9.59 Å². The molecule has 45 heavy (non-hydrogen) atoms. The van der Waals surface area contributed by atoms with E-state index in [2.05, 4.69) is 37.9 Å². The van der Waals surface area contributed by atoms with Crippen molar-refractivity contribution in [1.29, 1.82) is 0 Å². The van der Waals surface area contributed by atoms with Gasteiger partial charge >= 0.3 is 5.97 Å². The van der Waals surface area contributed by atoms with E-state index in [-0.39, 0.29) is 53.9 Å². The van der Waals surface area contributed by atoms with E-state index in [0.29, 0.717) is 37.2 Å². The fourth-order valence-corrected chi connectivity index (χ4v) is 6.46. The summed E-state index contributed by atoms with van der Waals surface area (Å²) >= 11 is 0. The van der Waals surface area contributed by atoms with Crippen molar-refractivity contribution < 1.29 is 37.7 Å². The third-order valence-electron chi connectivity index (χ3n) is 9.48. The molecule has 0 amide bonds. The second-order valence-corrected chi connectivity index (χ2v) is 13.3. The van der Waals surface area contributed by atoms with Crippen LogP contribution in [0.1, 0.15) is 85.2 Å². The highest BCUT2D eigenvalue weighted by Gasteiger charge is 2.51. The predicted octanol–water partition coefficient (Wildman–Crippen LogP) is 6.71. The largest absolute Gasteiger partial charge is 0.464 e. The molecule has 0 radical (unpaired) electrons. The molecule has 3 aliphatic heterocycles. The van der Waals surface area contributed by atoms with Crippen LogP contribution in [0.5, 0.6) is 0 Å². The summed E-state index contributed by atoms with van der Waals surface area (Å²) in [5.74, 6) is 0.837. The molecule has 1 aromatic heterocycles. The number of ether oxygens (including phenoxy) is 5. The summed E-state index contributed by atoms with van der Waals surface area (Å²) in [6, 6.07) is 0. The monoisotopic (exact) mass is 625 g/mol. The van der Waals surface area contributed by atoms with E-state index in [1.165, 1.54) is 0 Å². The van der Waals surface area contributed by atoms with E-state index in [4.69, 9.17) is 28.1 Å². The molecule has 0 spiro atoms. The molecule has 9 nitrogen and oxygen atoms in total. The topological polar surface area (TPSA) is 113 Å². The van der Waals surface area contributed by atoms with Gasteiger partial charge in [0.05, 0.1) is 23.9 Å². The lowest BCUT2D eigenvalue weighted by atomic mass is 9.85. The van der Waals surface area contributed by atoms with Crippen LogP contribution in [-0.4, -0.2) is 66.8 Å². The highest BCUT2D eigenvalue weighted by Crippen LogP contribution is 2.43. The fraction of sp³-hybridized carbons (Fsp3) is 0.639. The number of allylic oxidation sites excluding steroid dienone is 4. The first-order chi connectivity index (χ1) is 21.4. The normalized spacial score (nSPS) is 31.5. The molecular formula is C36H51NO8. The van der Waals surface area contributed by atoms with E-state index in [1.807, 2.05) is 52.0 Å². The third kappa shape index (κ3) is 9.99. The van der Waals surface area contributed by atoms with Crippen molar-refractivity contribution in [3.05, 3.63) is 59.4 Å². The van der Waals surface area contributed by atoms with Gasteiger partial charge in [-0.2, -0.15) is 0 Å². The molecule has 3 fully saturated rings. The van der Waals surface area contributed by atoms with Crippen LogP contribution in [0.4, 0.5) is 0 Å². The Balaban J connectivity index is 1.28. The van der Waals surface area contributed by atoms with E-state index >= 15 is 0 Å². The highest BCUT2D eigenvalue weighted by atomic mass is 16.6. The molecule has 0 saturated carbocycles. The Morgan fingerprint density at radius 2 is 2.02 bits per heavy atom. The minimum absolute atomic E-state index is 0.0367. The van der Waals surface area contributed by atoms with E-state index in [9.17, 15) is 9.59 Å². The summed E-state index contributed by atoms with van der Waals surface area (Å²) in [7, 11) is 1.68. The molecule has 0 N–H and O–H groups in total. The van der Waals surface area contributed by atoms with Crippen LogP contribution in [0.2, 0.25) is 0 Å². The lowest BCUT2D eigenvalue weighted by molar-refractivity contribution is -0.159. The number of esters is 1. The van der Waals surface area contributed by atoms with Crippen LogP contribution in [0, 0.1) is 24.7 Å². The number of rotatable bonds is 17. The Hall–Kier alpha value is -3.01. The maximum Gasteiger partial charge on any atom is 0.306 e. The van der Waals surface area contributed by atoms with Crippen LogP contribution >= 0.6 is 0 Å². The number of hydrogen-bond donors (Lipinski definition) is 0. The zero-order valence-electron chi connectivity index (χ0n) is 28.1. The first kappa shape index (κ1) is 34.9. The Bertz CT molecular complexity index is 1280. The molecule has 3 saturated heterocycles. The zero-order valence-corrected chi connectivity index (χ0v) is 28.1. The average molecular weight is 626 g/mol. The average Bonchev–Trinajstić information content (AvgIpc) is 3.81. The van der Waals surface area contributed by atoms with Gasteiger partial charge in [-0.05, 0) is 76.5 Å². The molecule has 10 atom stereocenters. The van der Waals surface area contributed by atoms with Gasteiger partial charge in [-0.15, -0.1) is 0 Å². The molecule has 1 aromatic rings. The molecule has 0 aromatic carbocycles. The number of carbonyl (C=O) groups excluding carboxylic acids is 2. The summed E-state index contributed by atoms with van der Waals surface area (Å²) in [5.41, 5.74) is 2.51. The molecule has 9 heteroatoms. The van der Waals surface area contributed by atoms with Crippen molar-refractivity contribution in [3.8, 4) is 0 Å². The SMILES string of the molecule is CO[C@@H](/C(C)=C/C=C/C(C)=C/c1coc(C)n1)[C@@H](C)[C@H](CC[C@]1(C)OC1/C=C/C(C)C1C[C@@H](C[C@H]2O[C@H]2C)CC(=O)O1)OC=O. The van der Waals surface area contributed by atoms with Crippen LogP contribution in [0.3, 0.4) is 0 Å². The second kappa shape index (κ2) is 15.5. The van der Waals surface area contributed by atoms with Crippen molar-refractivity contribution in [2.75, 3.05) is 7.11 Å². The Labute approximate surface area is 268 Å². The summed E-state index contributed by atoms with van der Waals surface area (Å²) in [6.07, 6.45) is 17.3. The van der Waals surface area contributed by atoms with Gasteiger partial charge in [0.2, 0.25) is 0 Å². The number of methoxy groups -OCH3 is 1. The van der Waals surface area contributed by atoms with Crippen LogP contribution < -0.4 is 0 Å². The molecule has 248 valence electrons. The van der Waals surface area contributed by atoms with Crippen molar-refractivity contribution in [1.82, 2.24) is 4.98 Å². The number of aromatic nitrogens is 1. The molecular weight excluding hydrogens is 574 g/mol. The summed E-state index contributed by atoms with van der Waals surface area (Å²) in [6.45, 7) is 14.7. The first-order valence-corrected chi connectivity index (χ1v) is 16.2. The van der Waals surface area contributed by atoms with Crippen molar-refractivity contribution >= 4 is 18.5 Å². The number of hydrogen-bond acceptors (Lipinski definition) is 9. The Morgan fingerprint density at radius 3 is 2.67 bits per heavy atom.